The van der Waals surface area contributed by atoms with Crippen LogP contribution in [0.2, 0.25) is 0 Å². The minimum Gasteiger partial charge on any atom is -0.497 e. The Morgan fingerprint density at radius 3 is 2.72 bits per heavy atom. The minimum atomic E-state index is -0.224. The van der Waals surface area contributed by atoms with Crippen molar-refractivity contribution in [3.63, 3.8) is 0 Å². The number of ether oxygens (including phenoxy) is 1. The molecule has 2 aromatic carbocycles. The van der Waals surface area contributed by atoms with E-state index in [9.17, 15) is 4.39 Å². The molecule has 0 radical (unpaired) electrons. The lowest BCUT2D eigenvalue weighted by molar-refractivity contribution is 0.409. The van der Waals surface area contributed by atoms with Gasteiger partial charge in [-0.1, -0.05) is 24.3 Å². The Morgan fingerprint density at radius 1 is 1.08 bits per heavy atom. The summed E-state index contributed by atoms with van der Waals surface area (Å²) in [5.74, 6) is 0.612. The van der Waals surface area contributed by atoms with Crippen LogP contribution in [0.4, 0.5) is 4.39 Å². The molecular weight excluding hydrogens is 315 g/mol. The van der Waals surface area contributed by atoms with E-state index in [1.54, 1.807) is 25.4 Å². The Hall–Kier alpha value is -2.72. The van der Waals surface area contributed by atoms with Gasteiger partial charge in [0.25, 0.3) is 0 Å². The average Bonchev–Trinajstić information content (AvgIpc) is 2.67. The zero-order valence-electron chi connectivity index (χ0n) is 13.9. The van der Waals surface area contributed by atoms with E-state index in [1.807, 2.05) is 24.4 Å². The van der Waals surface area contributed by atoms with Crippen LogP contribution in [0, 0.1) is 5.82 Å². The van der Waals surface area contributed by atoms with E-state index in [2.05, 4.69) is 28.5 Å². The Bertz CT molecular complexity index is 882. The molecule has 4 heteroatoms. The summed E-state index contributed by atoms with van der Waals surface area (Å²) in [5, 5.41) is 3.66. The number of halogens is 1. The summed E-state index contributed by atoms with van der Waals surface area (Å²) in [6.45, 7) is 0. The maximum Gasteiger partial charge on any atom is 0.123 e. The topological polar surface area (TPSA) is 34.1 Å². The second kappa shape index (κ2) is 6.65. The summed E-state index contributed by atoms with van der Waals surface area (Å²) in [4.78, 5) is 4.24. The maximum absolute atomic E-state index is 13.8. The number of aromatic nitrogens is 1. The van der Waals surface area contributed by atoms with Crippen molar-refractivity contribution in [2.45, 2.75) is 18.5 Å². The Kier molecular flexibility index (Phi) is 4.20. The zero-order chi connectivity index (χ0) is 17.2. The third kappa shape index (κ3) is 3.13. The van der Waals surface area contributed by atoms with E-state index in [-0.39, 0.29) is 17.9 Å². The molecule has 1 aliphatic rings. The zero-order valence-corrected chi connectivity index (χ0v) is 13.9. The first-order valence-corrected chi connectivity index (χ1v) is 8.33. The number of nitrogens with one attached hydrogen (secondary N) is 1. The van der Waals surface area contributed by atoms with Gasteiger partial charge in [-0.05, 0) is 59.0 Å². The molecule has 0 fully saturated rings. The normalized spacial score (nSPS) is 19.3. The van der Waals surface area contributed by atoms with Gasteiger partial charge in [-0.15, -0.1) is 0 Å². The molecule has 0 unspecified atom stereocenters. The lowest BCUT2D eigenvalue weighted by Crippen LogP contribution is -2.34. The lowest BCUT2D eigenvalue weighted by Gasteiger charge is -2.34. The van der Waals surface area contributed by atoms with Crippen LogP contribution in [0.15, 0.2) is 67.0 Å². The monoisotopic (exact) mass is 334 g/mol. The Labute approximate surface area is 146 Å². The second-order valence-electron chi connectivity index (χ2n) is 6.26. The van der Waals surface area contributed by atoms with Crippen molar-refractivity contribution in [3.05, 3.63) is 95.1 Å². The second-order valence-corrected chi connectivity index (χ2v) is 6.26. The number of nitrogens with zero attached hydrogens (tertiary/aromatic N) is 1. The van der Waals surface area contributed by atoms with Crippen LogP contribution in [0.3, 0.4) is 0 Å². The van der Waals surface area contributed by atoms with Gasteiger partial charge in [0.15, 0.2) is 0 Å². The lowest BCUT2D eigenvalue weighted by atomic mass is 9.84. The molecule has 25 heavy (non-hydrogen) atoms. The molecule has 2 atom stereocenters. The molecule has 3 aromatic rings. The first-order valence-electron chi connectivity index (χ1n) is 8.33. The molecule has 4 rings (SSSR count). The number of benzene rings is 2. The molecule has 1 N–H and O–H groups in total. The van der Waals surface area contributed by atoms with Crippen LogP contribution < -0.4 is 10.1 Å². The first-order chi connectivity index (χ1) is 12.2. The third-order valence-electron chi connectivity index (χ3n) is 4.72. The standard InChI is InChI=1S/C21H19FN2O/c1-25-18-7-8-19-16(11-18)12-20(15-5-3-9-23-13-15)24-21(19)14-4-2-6-17(22)10-14/h2-11,13,20-21,24H,12H2,1H3/t20-,21-/m0/s1. The Morgan fingerprint density at radius 2 is 1.96 bits per heavy atom. The van der Waals surface area contributed by atoms with E-state index in [1.165, 1.54) is 11.6 Å². The summed E-state index contributed by atoms with van der Waals surface area (Å²) >= 11 is 0. The molecule has 3 nitrogen and oxygen atoms in total. The van der Waals surface area contributed by atoms with E-state index in [4.69, 9.17) is 4.74 Å². The molecule has 0 saturated heterocycles. The number of hydrogen-bond acceptors (Lipinski definition) is 3. The predicted octanol–water partition coefficient (Wildman–Crippen LogP) is 4.21. The molecule has 1 aromatic heterocycles. The first kappa shape index (κ1) is 15.8. The van der Waals surface area contributed by atoms with Crippen LogP contribution in [0.1, 0.15) is 34.3 Å². The van der Waals surface area contributed by atoms with Crippen LogP contribution >= 0.6 is 0 Å². The molecule has 0 amide bonds. The van der Waals surface area contributed by atoms with Gasteiger partial charge < -0.3 is 4.74 Å². The van der Waals surface area contributed by atoms with Gasteiger partial charge in [0, 0.05) is 18.4 Å². The smallest absolute Gasteiger partial charge is 0.123 e. The summed E-state index contributed by atoms with van der Waals surface area (Å²) in [7, 11) is 1.67. The van der Waals surface area contributed by atoms with Gasteiger partial charge in [-0.2, -0.15) is 0 Å². The fraction of sp³-hybridized carbons (Fsp3) is 0.190. The molecule has 0 bridgehead atoms. The van der Waals surface area contributed by atoms with Crippen molar-refractivity contribution in [1.29, 1.82) is 0 Å². The fourth-order valence-corrected chi connectivity index (χ4v) is 3.50. The number of fused-ring (bicyclic) bond motifs is 1. The highest BCUT2D eigenvalue weighted by Crippen LogP contribution is 2.37. The molecule has 126 valence electrons. The third-order valence-corrected chi connectivity index (χ3v) is 4.72. The van der Waals surface area contributed by atoms with Gasteiger partial charge in [-0.3, -0.25) is 10.3 Å². The maximum atomic E-state index is 13.8. The minimum absolute atomic E-state index is 0.0736. The van der Waals surface area contributed by atoms with Crippen LogP contribution in [0.5, 0.6) is 5.75 Å². The predicted molar refractivity (Wildman–Crippen MR) is 95.1 cm³/mol. The molecule has 0 aliphatic carbocycles. The van der Waals surface area contributed by atoms with Crippen molar-refractivity contribution in [1.82, 2.24) is 10.3 Å². The summed E-state index contributed by atoms with van der Waals surface area (Å²) in [6.07, 6.45) is 4.49. The van der Waals surface area contributed by atoms with E-state index < -0.39 is 0 Å². The van der Waals surface area contributed by atoms with Crippen molar-refractivity contribution in [3.8, 4) is 5.75 Å². The number of hydrogen-bond donors (Lipinski definition) is 1. The highest BCUT2D eigenvalue weighted by atomic mass is 19.1. The summed E-state index contributed by atoms with van der Waals surface area (Å²) < 4.78 is 19.2. The van der Waals surface area contributed by atoms with Crippen LogP contribution in [-0.4, -0.2) is 12.1 Å². The van der Waals surface area contributed by atoms with Gasteiger partial charge in [0.1, 0.15) is 11.6 Å². The number of pyridine rings is 1. The SMILES string of the molecule is COc1ccc2c(c1)C[C@@H](c1cccnc1)N[C@H]2c1cccc(F)c1. The van der Waals surface area contributed by atoms with Crippen molar-refractivity contribution < 1.29 is 9.13 Å². The van der Waals surface area contributed by atoms with Crippen molar-refractivity contribution >= 4 is 0 Å². The number of methoxy groups -OCH3 is 1. The summed E-state index contributed by atoms with van der Waals surface area (Å²) in [5.41, 5.74) is 4.41. The van der Waals surface area contributed by atoms with Crippen LogP contribution in [0.25, 0.3) is 0 Å². The summed E-state index contributed by atoms with van der Waals surface area (Å²) in [6, 6.07) is 16.9. The van der Waals surface area contributed by atoms with E-state index in [0.717, 1.165) is 28.9 Å². The van der Waals surface area contributed by atoms with Gasteiger partial charge in [0.2, 0.25) is 0 Å². The molecule has 1 aliphatic heterocycles. The van der Waals surface area contributed by atoms with E-state index in [0.29, 0.717) is 0 Å². The molecule has 2 heterocycles. The molecule has 0 spiro atoms. The fourth-order valence-electron chi connectivity index (χ4n) is 3.50. The Balaban J connectivity index is 1.80. The average molecular weight is 334 g/mol. The van der Waals surface area contributed by atoms with E-state index >= 15 is 0 Å². The molecular formula is C21H19FN2O. The van der Waals surface area contributed by atoms with Crippen molar-refractivity contribution in [2.24, 2.45) is 0 Å². The van der Waals surface area contributed by atoms with Gasteiger partial charge in [0.05, 0.1) is 13.2 Å². The van der Waals surface area contributed by atoms with Gasteiger partial charge >= 0.3 is 0 Å². The highest BCUT2D eigenvalue weighted by Gasteiger charge is 2.28. The van der Waals surface area contributed by atoms with Crippen LogP contribution in [-0.2, 0) is 6.42 Å². The van der Waals surface area contributed by atoms with Gasteiger partial charge in [-0.25, -0.2) is 4.39 Å². The number of rotatable bonds is 3. The highest BCUT2D eigenvalue weighted by molar-refractivity contribution is 5.45. The molecule has 0 saturated carbocycles. The quantitative estimate of drug-likeness (QED) is 0.779. The largest absolute Gasteiger partial charge is 0.497 e. The van der Waals surface area contributed by atoms with Crippen molar-refractivity contribution in [2.75, 3.05) is 7.11 Å².